The number of nitrogens with one attached hydrogen (secondary N) is 1. The monoisotopic (exact) mass is 527 g/mol. The lowest BCUT2D eigenvalue weighted by Crippen LogP contribution is -2.47. The average Bonchev–Trinajstić information content (AvgIpc) is 2.76. The Morgan fingerprint density at radius 1 is 1.09 bits per heavy atom. The molecule has 1 N–H and O–H groups in total. The predicted octanol–water partition coefficient (Wildman–Crippen LogP) is 4.40. The van der Waals surface area contributed by atoms with Crippen LogP contribution in [0.5, 0.6) is 0 Å². The number of hydrogen-bond donors (Lipinski definition) is 1. The van der Waals surface area contributed by atoms with Crippen LogP contribution in [-0.4, -0.2) is 50.5 Å². The molecule has 0 fully saturated rings. The van der Waals surface area contributed by atoms with Crippen molar-refractivity contribution in [1.82, 2.24) is 10.2 Å². The summed E-state index contributed by atoms with van der Waals surface area (Å²) >= 11 is 12.3. The molecular weight excluding hydrogens is 497 g/mol. The molecule has 2 amide bonds. The standard InChI is InChI=1S/C24H31Cl2N3O4S/c1-5-27-24(31)18(3)28(16-19-10-11-20(25)15-22(19)26)23(30)7-6-14-29(34(4,32)33)21-12-8-17(2)9-13-21/h8-13,15,18H,5-7,14,16H2,1-4H3,(H,27,31). The molecule has 0 aliphatic carbocycles. The molecule has 0 aliphatic rings. The maximum atomic E-state index is 13.2. The van der Waals surface area contributed by atoms with E-state index in [4.69, 9.17) is 23.2 Å². The highest BCUT2D eigenvalue weighted by molar-refractivity contribution is 7.92. The fourth-order valence-corrected chi connectivity index (χ4v) is 4.89. The lowest BCUT2D eigenvalue weighted by atomic mass is 10.1. The van der Waals surface area contributed by atoms with Crippen LogP contribution in [0.4, 0.5) is 5.69 Å². The van der Waals surface area contributed by atoms with Crippen LogP contribution >= 0.6 is 23.2 Å². The maximum absolute atomic E-state index is 13.2. The van der Waals surface area contributed by atoms with Gasteiger partial charge >= 0.3 is 0 Å². The second-order valence-corrected chi connectivity index (χ2v) is 10.9. The van der Waals surface area contributed by atoms with Gasteiger partial charge < -0.3 is 10.2 Å². The summed E-state index contributed by atoms with van der Waals surface area (Å²) in [6.45, 7) is 6.08. The minimum Gasteiger partial charge on any atom is -0.355 e. The van der Waals surface area contributed by atoms with Crippen molar-refractivity contribution in [3.05, 3.63) is 63.6 Å². The molecule has 0 saturated heterocycles. The van der Waals surface area contributed by atoms with Gasteiger partial charge in [0, 0.05) is 36.1 Å². The van der Waals surface area contributed by atoms with Gasteiger partial charge in [-0.05, 0) is 57.0 Å². The van der Waals surface area contributed by atoms with Gasteiger partial charge in [-0.1, -0.05) is 47.0 Å². The number of sulfonamides is 1. The van der Waals surface area contributed by atoms with E-state index in [0.717, 1.165) is 11.8 Å². The zero-order valence-corrected chi connectivity index (χ0v) is 22.2. The summed E-state index contributed by atoms with van der Waals surface area (Å²) in [4.78, 5) is 27.1. The normalized spacial score (nSPS) is 12.2. The van der Waals surface area contributed by atoms with Crippen LogP contribution in [0.25, 0.3) is 0 Å². The summed E-state index contributed by atoms with van der Waals surface area (Å²) < 4.78 is 26.0. The lowest BCUT2D eigenvalue weighted by Gasteiger charge is -2.29. The number of carbonyl (C=O) groups is 2. The van der Waals surface area contributed by atoms with Gasteiger partial charge in [0.15, 0.2) is 0 Å². The lowest BCUT2D eigenvalue weighted by molar-refractivity contribution is -0.140. The number of rotatable bonds is 11. The van der Waals surface area contributed by atoms with E-state index in [9.17, 15) is 18.0 Å². The van der Waals surface area contributed by atoms with Crippen molar-refractivity contribution >= 4 is 50.7 Å². The van der Waals surface area contributed by atoms with Gasteiger partial charge in [0.05, 0.1) is 11.9 Å². The van der Waals surface area contributed by atoms with Crippen molar-refractivity contribution in [2.75, 3.05) is 23.7 Å². The molecule has 2 rings (SSSR count). The van der Waals surface area contributed by atoms with E-state index in [1.165, 1.54) is 9.21 Å². The number of aryl methyl sites for hydroxylation is 1. The number of anilines is 1. The second kappa shape index (κ2) is 12.4. The minimum absolute atomic E-state index is 0.0623. The van der Waals surface area contributed by atoms with Crippen molar-refractivity contribution < 1.29 is 18.0 Å². The smallest absolute Gasteiger partial charge is 0.242 e. The Kier molecular flexibility index (Phi) is 10.2. The molecular formula is C24H31Cl2N3O4S. The van der Waals surface area contributed by atoms with E-state index in [1.54, 1.807) is 44.2 Å². The molecule has 10 heteroatoms. The van der Waals surface area contributed by atoms with E-state index in [1.807, 2.05) is 19.1 Å². The molecule has 2 aromatic carbocycles. The number of amides is 2. The maximum Gasteiger partial charge on any atom is 0.242 e. The van der Waals surface area contributed by atoms with Gasteiger partial charge in [0.25, 0.3) is 0 Å². The highest BCUT2D eigenvalue weighted by Crippen LogP contribution is 2.24. The van der Waals surface area contributed by atoms with Crippen molar-refractivity contribution in [3.63, 3.8) is 0 Å². The molecule has 34 heavy (non-hydrogen) atoms. The zero-order valence-electron chi connectivity index (χ0n) is 19.8. The van der Waals surface area contributed by atoms with E-state index >= 15 is 0 Å². The van der Waals surface area contributed by atoms with Gasteiger partial charge in [0.1, 0.15) is 6.04 Å². The largest absolute Gasteiger partial charge is 0.355 e. The number of benzene rings is 2. The first-order valence-corrected chi connectivity index (χ1v) is 13.6. The summed E-state index contributed by atoms with van der Waals surface area (Å²) in [5.74, 6) is -0.555. The van der Waals surface area contributed by atoms with Gasteiger partial charge in [-0.25, -0.2) is 8.42 Å². The Balaban J connectivity index is 2.18. The molecule has 1 unspecified atom stereocenters. The molecule has 0 aromatic heterocycles. The molecule has 0 radical (unpaired) electrons. The molecule has 2 aromatic rings. The summed E-state index contributed by atoms with van der Waals surface area (Å²) in [6, 6.07) is 11.4. The summed E-state index contributed by atoms with van der Waals surface area (Å²) in [5, 5.41) is 3.61. The van der Waals surface area contributed by atoms with Crippen LogP contribution in [-0.2, 0) is 26.2 Å². The first kappa shape index (κ1) is 28.0. The highest BCUT2D eigenvalue weighted by Gasteiger charge is 2.27. The summed E-state index contributed by atoms with van der Waals surface area (Å²) in [7, 11) is -3.53. The van der Waals surface area contributed by atoms with Gasteiger partial charge in [-0.2, -0.15) is 0 Å². The van der Waals surface area contributed by atoms with Gasteiger partial charge in [0.2, 0.25) is 21.8 Å². The van der Waals surface area contributed by atoms with Gasteiger partial charge in [-0.3, -0.25) is 13.9 Å². The molecule has 0 bridgehead atoms. The molecule has 7 nitrogen and oxygen atoms in total. The second-order valence-electron chi connectivity index (χ2n) is 8.10. The van der Waals surface area contributed by atoms with Crippen LogP contribution < -0.4 is 9.62 Å². The Bertz CT molecular complexity index is 1110. The first-order chi connectivity index (χ1) is 15.9. The van der Waals surface area contributed by atoms with E-state index in [0.29, 0.717) is 27.8 Å². The van der Waals surface area contributed by atoms with Gasteiger partial charge in [-0.15, -0.1) is 0 Å². The molecule has 0 aliphatic heterocycles. The number of hydrogen-bond acceptors (Lipinski definition) is 4. The number of halogens is 2. The predicted molar refractivity (Wildman–Crippen MR) is 138 cm³/mol. The molecule has 0 saturated carbocycles. The Hall–Kier alpha value is -2.29. The van der Waals surface area contributed by atoms with Crippen LogP contribution in [0.15, 0.2) is 42.5 Å². The van der Waals surface area contributed by atoms with Crippen molar-refractivity contribution in [1.29, 1.82) is 0 Å². The molecule has 0 spiro atoms. The van der Waals surface area contributed by atoms with Crippen LogP contribution in [0, 0.1) is 6.92 Å². The third kappa shape index (κ3) is 7.89. The molecule has 1 atom stereocenters. The van der Waals surface area contributed by atoms with Crippen LogP contribution in [0.3, 0.4) is 0 Å². The summed E-state index contributed by atoms with van der Waals surface area (Å²) in [6.07, 6.45) is 1.49. The SMILES string of the molecule is CCNC(=O)C(C)N(Cc1ccc(Cl)cc1Cl)C(=O)CCCN(c1ccc(C)cc1)S(C)(=O)=O. The third-order valence-corrected chi connectivity index (χ3v) is 7.13. The van der Waals surface area contributed by atoms with Crippen LogP contribution in [0.2, 0.25) is 10.0 Å². The number of carbonyl (C=O) groups excluding carboxylic acids is 2. The van der Waals surface area contributed by atoms with Crippen molar-refractivity contribution in [2.24, 2.45) is 0 Å². The summed E-state index contributed by atoms with van der Waals surface area (Å²) in [5.41, 5.74) is 2.22. The number of nitrogens with zero attached hydrogens (tertiary/aromatic N) is 2. The highest BCUT2D eigenvalue weighted by atomic mass is 35.5. The first-order valence-electron chi connectivity index (χ1n) is 11.0. The van der Waals surface area contributed by atoms with Crippen molar-refractivity contribution in [3.8, 4) is 0 Å². The third-order valence-electron chi connectivity index (χ3n) is 5.35. The Morgan fingerprint density at radius 3 is 2.29 bits per heavy atom. The Morgan fingerprint density at radius 2 is 1.74 bits per heavy atom. The van der Waals surface area contributed by atoms with Crippen molar-refractivity contribution in [2.45, 2.75) is 46.2 Å². The fourth-order valence-electron chi connectivity index (χ4n) is 3.45. The zero-order chi connectivity index (χ0) is 25.5. The van der Waals surface area contributed by atoms with E-state index in [-0.39, 0.29) is 37.7 Å². The van der Waals surface area contributed by atoms with Crippen LogP contribution in [0.1, 0.15) is 37.8 Å². The number of likely N-dealkylation sites (N-methyl/N-ethyl adjacent to an activating group) is 1. The quantitative estimate of drug-likeness (QED) is 0.469. The average molecular weight is 529 g/mol. The topological polar surface area (TPSA) is 86.8 Å². The molecule has 0 heterocycles. The minimum atomic E-state index is -3.53. The Labute approximate surface area is 212 Å². The van der Waals surface area contributed by atoms with E-state index in [2.05, 4.69) is 5.32 Å². The molecule has 186 valence electrons. The fraction of sp³-hybridized carbons (Fsp3) is 0.417. The van der Waals surface area contributed by atoms with E-state index < -0.39 is 16.1 Å².